The largest absolute Gasteiger partial charge is 0.492 e. The van der Waals surface area contributed by atoms with Crippen LogP contribution in [0.3, 0.4) is 0 Å². The van der Waals surface area contributed by atoms with Crippen molar-refractivity contribution in [1.29, 1.82) is 0 Å². The molecule has 6 atom stereocenters. The fraction of sp³-hybridized carbons (Fsp3) is 0.476. The molecule has 2 saturated heterocycles. The van der Waals surface area contributed by atoms with Crippen LogP contribution < -0.4 is 15.4 Å². The van der Waals surface area contributed by atoms with Crippen LogP contribution >= 0.6 is 0 Å². The van der Waals surface area contributed by atoms with Gasteiger partial charge >= 0.3 is 6.09 Å². The van der Waals surface area contributed by atoms with E-state index in [0.717, 1.165) is 67.3 Å². The van der Waals surface area contributed by atoms with Gasteiger partial charge in [-0.15, -0.1) is 0 Å². The number of fused-ring (bicyclic) bond motifs is 1. The first kappa shape index (κ1) is 38.5. The van der Waals surface area contributed by atoms with Crippen molar-refractivity contribution < 1.29 is 38.7 Å². The van der Waals surface area contributed by atoms with Gasteiger partial charge < -0.3 is 39.8 Å². The summed E-state index contributed by atoms with van der Waals surface area (Å²) in [6.07, 6.45) is 3.81. The van der Waals surface area contributed by atoms with Gasteiger partial charge in [0.1, 0.15) is 18.5 Å². The summed E-state index contributed by atoms with van der Waals surface area (Å²) in [5.74, 6) is -0.150. The number of benzene rings is 3. The summed E-state index contributed by atoms with van der Waals surface area (Å²) in [5, 5.41) is 28.6. The molecule has 3 aromatic carbocycles. The Morgan fingerprint density at radius 2 is 1.74 bits per heavy atom. The quantitative estimate of drug-likeness (QED) is 0.169. The first-order valence-electron chi connectivity index (χ1n) is 18.9. The number of rotatable bonds is 16. The number of hydrogen-bond donors (Lipinski definition) is 4. The summed E-state index contributed by atoms with van der Waals surface area (Å²) in [7, 11) is 0. The number of aliphatic hydroxyl groups excluding tert-OH is 2. The highest BCUT2D eigenvalue weighted by molar-refractivity contribution is 5.80. The molecule has 3 aromatic rings. The standard InChI is InChI=1S/C42H53N3O8/c46-38(37(26-31-8-2-1-3-9-31)43-42(49)53-35-13-7-22-51-29-35)28-33(41(48)44-40-36-14-5-4-11-32(36)27-39(40)47)12-6-10-30-15-17-34(18-16-30)52-25-21-45-19-23-50-24-20-45/h1-6,8-11,14-18,33,35,37-40,46-47H,7,12-13,19-29H2,(H,43,49)(H,44,48)/b10-6+/t33?,35?,37?,38?,39-,40-/m0/s1. The number of amides is 2. The lowest BCUT2D eigenvalue weighted by Crippen LogP contribution is -2.48. The van der Waals surface area contributed by atoms with Gasteiger partial charge in [0.25, 0.3) is 0 Å². The summed E-state index contributed by atoms with van der Waals surface area (Å²) in [4.78, 5) is 29.4. The average Bonchev–Trinajstić information content (AvgIpc) is 3.50. The van der Waals surface area contributed by atoms with Crippen LogP contribution in [0, 0.1) is 5.92 Å². The molecule has 0 spiro atoms. The van der Waals surface area contributed by atoms with Gasteiger partial charge in [-0.1, -0.05) is 78.9 Å². The lowest BCUT2D eigenvalue weighted by Gasteiger charge is -2.29. The molecular weight excluding hydrogens is 674 g/mol. The van der Waals surface area contributed by atoms with Crippen molar-refractivity contribution >= 4 is 18.1 Å². The Morgan fingerprint density at radius 1 is 0.962 bits per heavy atom. The zero-order valence-corrected chi connectivity index (χ0v) is 30.3. The molecule has 1 aliphatic carbocycles. The van der Waals surface area contributed by atoms with Gasteiger partial charge in [-0.25, -0.2) is 4.79 Å². The number of morpholine rings is 1. The summed E-state index contributed by atoms with van der Waals surface area (Å²) in [6, 6.07) is 23.9. The number of nitrogens with zero attached hydrogens (tertiary/aromatic N) is 1. The zero-order valence-electron chi connectivity index (χ0n) is 30.3. The first-order chi connectivity index (χ1) is 25.9. The molecule has 11 heteroatoms. The van der Waals surface area contributed by atoms with E-state index in [1.165, 1.54) is 0 Å². The average molecular weight is 728 g/mol. The van der Waals surface area contributed by atoms with E-state index >= 15 is 0 Å². The van der Waals surface area contributed by atoms with Crippen molar-refractivity contribution in [2.24, 2.45) is 5.92 Å². The molecule has 2 fully saturated rings. The monoisotopic (exact) mass is 727 g/mol. The number of allylic oxidation sites excluding steroid dienone is 1. The van der Waals surface area contributed by atoms with Crippen LogP contribution in [0.5, 0.6) is 5.75 Å². The van der Waals surface area contributed by atoms with Crippen LogP contribution in [0.15, 0.2) is 84.9 Å². The number of alkyl carbamates (subject to hydrolysis) is 1. The van der Waals surface area contributed by atoms with Crippen molar-refractivity contribution in [2.75, 3.05) is 52.7 Å². The third kappa shape index (κ3) is 11.6. The second-order valence-electron chi connectivity index (χ2n) is 14.2. The normalized spacial score (nSPS) is 22.0. The Hall–Kier alpha value is -4.26. The van der Waals surface area contributed by atoms with E-state index in [1.54, 1.807) is 0 Å². The van der Waals surface area contributed by atoms with Gasteiger partial charge in [0, 0.05) is 38.6 Å². The SMILES string of the molecule is O=C(NC(Cc1ccccc1)C(O)CC(C/C=C/c1ccc(OCCN2CCOCC2)cc1)C(=O)N[C@H]1c2ccccc2C[C@@H]1O)OC1CCCOC1. The molecule has 0 radical (unpaired) electrons. The van der Waals surface area contributed by atoms with Crippen LogP contribution in [-0.4, -0.2) is 104 Å². The van der Waals surface area contributed by atoms with Crippen molar-refractivity contribution in [3.63, 3.8) is 0 Å². The number of ether oxygens (including phenoxy) is 4. The van der Waals surface area contributed by atoms with Crippen LogP contribution in [-0.2, 0) is 31.8 Å². The van der Waals surface area contributed by atoms with Gasteiger partial charge in [-0.2, -0.15) is 0 Å². The fourth-order valence-corrected chi connectivity index (χ4v) is 7.24. The molecule has 11 nitrogen and oxygen atoms in total. The van der Waals surface area contributed by atoms with Gasteiger partial charge in [-0.3, -0.25) is 9.69 Å². The van der Waals surface area contributed by atoms with Gasteiger partial charge in [0.05, 0.1) is 44.1 Å². The number of carbonyl (C=O) groups is 2. The van der Waals surface area contributed by atoms with Crippen LogP contribution in [0.4, 0.5) is 4.79 Å². The summed E-state index contributed by atoms with van der Waals surface area (Å²) < 4.78 is 22.5. The molecule has 6 rings (SSSR count). The zero-order chi connectivity index (χ0) is 36.8. The maximum absolute atomic E-state index is 14.0. The predicted octanol–water partition coefficient (Wildman–Crippen LogP) is 4.46. The maximum Gasteiger partial charge on any atom is 0.407 e. The molecule has 53 heavy (non-hydrogen) atoms. The molecule has 2 amide bonds. The van der Waals surface area contributed by atoms with E-state index < -0.39 is 36.3 Å². The lowest BCUT2D eigenvalue weighted by atomic mass is 9.90. The van der Waals surface area contributed by atoms with E-state index in [-0.39, 0.29) is 18.4 Å². The molecule has 0 bridgehead atoms. The smallest absolute Gasteiger partial charge is 0.407 e. The van der Waals surface area contributed by atoms with E-state index in [0.29, 0.717) is 45.5 Å². The Bertz CT molecular complexity index is 1610. The molecule has 284 valence electrons. The van der Waals surface area contributed by atoms with E-state index in [9.17, 15) is 19.8 Å². The van der Waals surface area contributed by atoms with Gasteiger partial charge in [-0.05, 0) is 66.5 Å². The Morgan fingerprint density at radius 3 is 2.51 bits per heavy atom. The maximum atomic E-state index is 14.0. The van der Waals surface area contributed by atoms with E-state index in [2.05, 4.69) is 15.5 Å². The third-order valence-corrected chi connectivity index (χ3v) is 10.2. The second-order valence-corrected chi connectivity index (χ2v) is 14.2. The first-order valence-corrected chi connectivity index (χ1v) is 18.9. The number of hydrogen-bond acceptors (Lipinski definition) is 9. The summed E-state index contributed by atoms with van der Waals surface area (Å²) >= 11 is 0. The second kappa shape index (κ2) is 19.7. The highest BCUT2D eigenvalue weighted by Crippen LogP contribution is 2.32. The number of nitrogens with one attached hydrogen (secondary N) is 2. The van der Waals surface area contributed by atoms with Crippen LogP contribution in [0.1, 0.15) is 54.0 Å². The molecular formula is C42H53N3O8. The van der Waals surface area contributed by atoms with Gasteiger partial charge in [0.2, 0.25) is 5.91 Å². The minimum absolute atomic E-state index is 0.0703. The molecule has 0 saturated carbocycles. The summed E-state index contributed by atoms with van der Waals surface area (Å²) in [6.45, 7) is 5.80. The van der Waals surface area contributed by atoms with E-state index in [4.69, 9.17) is 18.9 Å². The van der Waals surface area contributed by atoms with E-state index in [1.807, 2.05) is 91.0 Å². The molecule has 0 aromatic heterocycles. The molecule has 3 aliphatic rings. The number of carbonyl (C=O) groups excluding carboxylic acids is 2. The van der Waals surface area contributed by atoms with Gasteiger partial charge in [0.15, 0.2) is 0 Å². The lowest BCUT2D eigenvalue weighted by molar-refractivity contribution is -0.127. The fourth-order valence-electron chi connectivity index (χ4n) is 7.24. The highest BCUT2D eigenvalue weighted by atomic mass is 16.6. The van der Waals surface area contributed by atoms with Crippen molar-refractivity contribution in [3.05, 3.63) is 107 Å². The third-order valence-electron chi connectivity index (χ3n) is 10.2. The summed E-state index contributed by atoms with van der Waals surface area (Å²) in [5.41, 5.74) is 3.78. The Labute approximate surface area is 312 Å². The molecule has 2 aliphatic heterocycles. The number of aliphatic hydroxyl groups is 2. The minimum atomic E-state index is -1.08. The Balaban J connectivity index is 1.13. The Kier molecular flexibility index (Phi) is 14.3. The predicted molar refractivity (Wildman–Crippen MR) is 201 cm³/mol. The topological polar surface area (TPSA) is 139 Å². The van der Waals surface area contributed by atoms with Crippen LogP contribution in [0.25, 0.3) is 6.08 Å². The van der Waals surface area contributed by atoms with Crippen molar-refractivity contribution in [3.8, 4) is 5.75 Å². The van der Waals surface area contributed by atoms with Crippen molar-refractivity contribution in [1.82, 2.24) is 15.5 Å². The highest BCUT2D eigenvalue weighted by Gasteiger charge is 2.35. The molecule has 4 unspecified atom stereocenters. The minimum Gasteiger partial charge on any atom is -0.492 e. The molecule has 2 heterocycles. The van der Waals surface area contributed by atoms with Crippen molar-refractivity contribution in [2.45, 2.75) is 68.9 Å². The van der Waals surface area contributed by atoms with Crippen LogP contribution in [0.2, 0.25) is 0 Å². The molecule has 4 N–H and O–H groups in total.